The van der Waals surface area contributed by atoms with E-state index in [0.29, 0.717) is 0 Å². The van der Waals surface area contributed by atoms with E-state index in [0.717, 1.165) is 32.4 Å². The molecule has 0 saturated carbocycles. The fourth-order valence-corrected chi connectivity index (χ4v) is 2.38. The second-order valence-corrected chi connectivity index (χ2v) is 4.73. The Morgan fingerprint density at radius 1 is 1.33 bits per heavy atom. The van der Waals surface area contributed by atoms with Crippen LogP contribution in [0.3, 0.4) is 0 Å². The maximum absolute atomic E-state index is 13.6. The summed E-state index contributed by atoms with van der Waals surface area (Å²) in [4.78, 5) is 13.9. The summed E-state index contributed by atoms with van der Waals surface area (Å²) in [5.74, 6) is -0.666. The lowest BCUT2D eigenvalue weighted by Crippen LogP contribution is -2.38. The smallest absolute Gasteiger partial charge is 0.256 e. The molecule has 0 bridgehead atoms. The van der Waals surface area contributed by atoms with E-state index in [-0.39, 0.29) is 17.5 Å². The number of hydrogen-bond donors (Lipinski definition) is 1. The average molecular weight is 250 g/mol. The van der Waals surface area contributed by atoms with Crippen LogP contribution in [0.15, 0.2) is 24.3 Å². The van der Waals surface area contributed by atoms with E-state index in [9.17, 15) is 9.18 Å². The van der Waals surface area contributed by atoms with Crippen LogP contribution in [0.4, 0.5) is 4.39 Å². The molecular weight excluding hydrogens is 231 g/mol. The van der Waals surface area contributed by atoms with Gasteiger partial charge in [-0.3, -0.25) is 4.79 Å². The van der Waals surface area contributed by atoms with Crippen molar-refractivity contribution in [3.63, 3.8) is 0 Å². The standard InChI is InChI=1S/C14H19FN2O/c1-17(11-5-4-9-16-10-8-11)14(18)12-6-2-3-7-13(12)15/h2-3,6-7,11,16H,4-5,8-10H2,1H3. The summed E-state index contributed by atoms with van der Waals surface area (Å²) in [6, 6.07) is 6.37. The van der Waals surface area contributed by atoms with Gasteiger partial charge in [-0.2, -0.15) is 0 Å². The van der Waals surface area contributed by atoms with Crippen molar-refractivity contribution in [1.82, 2.24) is 10.2 Å². The molecule has 1 saturated heterocycles. The fourth-order valence-electron chi connectivity index (χ4n) is 2.38. The van der Waals surface area contributed by atoms with E-state index in [1.165, 1.54) is 6.07 Å². The lowest BCUT2D eigenvalue weighted by molar-refractivity contribution is 0.0715. The van der Waals surface area contributed by atoms with Gasteiger partial charge in [0.25, 0.3) is 5.91 Å². The highest BCUT2D eigenvalue weighted by atomic mass is 19.1. The molecule has 18 heavy (non-hydrogen) atoms. The number of nitrogens with one attached hydrogen (secondary N) is 1. The molecule has 1 unspecified atom stereocenters. The Hall–Kier alpha value is -1.42. The lowest BCUT2D eigenvalue weighted by atomic mass is 10.1. The van der Waals surface area contributed by atoms with Gasteiger partial charge >= 0.3 is 0 Å². The molecule has 0 radical (unpaired) electrons. The Kier molecular flexibility index (Phi) is 4.31. The van der Waals surface area contributed by atoms with Crippen molar-refractivity contribution in [2.75, 3.05) is 20.1 Å². The zero-order valence-electron chi connectivity index (χ0n) is 10.7. The molecule has 4 heteroatoms. The molecule has 1 heterocycles. The molecule has 0 spiro atoms. The fraction of sp³-hybridized carbons (Fsp3) is 0.500. The molecule has 0 aliphatic carbocycles. The third kappa shape index (κ3) is 2.88. The highest BCUT2D eigenvalue weighted by Gasteiger charge is 2.23. The van der Waals surface area contributed by atoms with Crippen molar-refractivity contribution in [2.24, 2.45) is 0 Å². The minimum absolute atomic E-state index is 0.164. The molecule has 1 atom stereocenters. The Balaban J connectivity index is 2.10. The quantitative estimate of drug-likeness (QED) is 0.871. The molecule has 2 rings (SSSR count). The number of carbonyl (C=O) groups excluding carboxylic acids is 1. The van der Waals surface area contributed by atoms with E-state index < -0.39 is 5.82 Å². The minimum Gasteiger partial charge on any atom is -0.339 e. The first-order valence-electron chi connectivity index (χ1n) is 6.42. The SMILES string of the molecule is CN(C(=O)c1ccccc1F)C1CCCNCC1. The van der Waals surface area contributed by atoms with Crippen LogP contribution in [0, 0.1) is 5.82 Å². The van der Waals surface area contributed by atoms with Gasteiger partial charge in [0.15, 0.2) is 0 Å². The molecule has 1 amide bonds. The first-order chi connectivity index (χ1) is 8.70. The van der Waals surface area contributed by atoms with E-state index in [2.05, 4.69) is 5.32 Å². The third-order valence-corrected chi connectivity index (χ3v) is 3.52. The zero-order chi connectivity index (χ0) is 13.0. The van der Waals surface area contributed by atoms with Gasteiger partial charge in [0.1, 0.15) is 5.82 Å². The topological polar surface area (TPSA) is 32.3 Å². The molecule has 3 nitrogen and oxygen atoms in total. The predicted molar refractivity (Wildman–Crippen MR) is 69.0 cm³/mol. The molecule has 1 N–H and O–H groups in total. The van der Waals surface area contributed by atoms with Gasteiger partial charge in [0.05, 0.1) is 5.56 Å². The van der Waals surface area contributed by atoms with Crippen molar-refractivity contribution >= 4 is 5.91 Å². The average Bonchev–Trinajstić information content (AvgIpc) is 2.66. The summed E-state index contributed by atoms with van der Waals surface area (Å²) in [5.41, 5.74) is 0.164. The van der Waals surface area contributed by atoms with Gasteiger partial charge in [-0.1, -0.05) is 12.1 Å². The zero-order valence-corrected chi connectivity index (χ0v) is 10.7. The first kappa shape index (κ1) is 13.0. The molecule has 1 aliphatic heterocycles. The van der Waals surface area contributed by atoms with Crippen LogP contribution in [0.2, 0.25) is 0 Å². The van der Waals surface area contributed by atoms with Crippen molar-refractivity contribution in [3.05, 3.63) is 35.6 Å². The number of hydrogen-bond acceptors (Lipinski definition) is 2. The van der Waals surface area contributed by atoms with Gasteiger partial charge in [-0.15, -0.1) is 0 Å². The number of benzene rings is 1. The highest BCUT2D eigenvalue weighted by molar-refractivity contribution is 5.94. The number of rotatable bonds is 2. The summed E-state index contributed by atoms with van der Waals surface area (Å²) in [7, 11) is 1.77. The summed E-state index contributed by atoms with van der Waals surface area (Å²) < 4.78 is 13.6. The number of carbonyl (C=O) groups is 1. The summed E-state index contributed by atoms with van der Waals surface area (Å²) in [6.07, 6.45) is 2.96. The predicted octanol–water partition coefficient (Wildman–Crippen LogP) is 2.04. The summed E-state index contributed by atoms with van der Waals surface area (Å²) >= 11 is 0. The van der Waals surface area contributed by atoms with Gasteiger partial charge in [0.2, 0.25) is 0 Å². The Morgan fingerprint density at radius 3 is 2.89 bits per heavy atom. The van der Waals surface area contributed by atoms with E-state index in [1.807, 2.05) is 0 Å². The normalized spacial score (nSPS) is 20.2. The molecular formula is C14H19FN2O. The van der Waals surface area contributed by atoms with Gasteiger partial charge in [-0.05, 0) is 44.5 Å². The van der Waals surface area contributed by atoms with Gasteiger partial charge in [-0.25, -0.2) is 4.39 Å². The van der Waals surface area contributed by atoms with Crippen molar-refractivity contribution in [2.45, 2.75) is 25.3 Å². The first-order valence-corrected chi connectivity index (χ1v) is 6.42. The van der Waals surface area contributed by atoms with E-state index in [1.54, 1.807) is 30.1 Å². The second kappa shape index (κ2) is 5.96. The minimum atomic E-state index is -0.443. The number of nitrogens with zero attached hydrogens (tertiary/aromatic N) is 1. The van der Waals surface area contributed by atoms with E-state index in [4.69, 9.17) is 0 Å². The van der Waals surface area contributed by atoms with Gasteiger partial charge < -0.3 is 10.2 Å². The van der Waals surface area contributed by atoms with Crippen LogP contribution >= 0.6 is 0 Å². The van der Waals surface area contributed by atoms with Crippen LogP contribution < -0.4 is 5.32 Å². The molecule has 1 aliphatic rings. The Bertz CT molecular complexity index is 414. The van der Waals surface area contributed by atoms with Crippen LogP contribution in [0.25, 0.3) is 0 Å². The molecule has 98 valence electrons. The maximum Gasteiger partial charge on any atom is 0.256 e. The van der Waals surface area contributed by atoms with Crippen LogP contribution in [-0.4, -0.2) is 37.0 Å². The summed E-state index contributed by atoms with van der Waals surface area (Å²) in [5, 5.41) is 3.31. The summed E-state index contributed by atoms with van der Waals surface area (Å²) in [6.45, 7) is 1.91. The van der Waals surface area contributed by atoms with Crippen molar-refractivity contribution in [1.29, 1.82) is 0 Å². The molecule has 1 aromatic rings. The monoisotopic (exact) mass is 250 g/mol. The number of halogens is 1. The largest absolute Gasteiger partial charge is 0.339 e. The second-order valence-electron chi connectivity index (χ2n) is 4.73. The molecule has 0 aromatic heterocycles. The van der Waals surface area contributed by atoms with Crippen LogP contribution in [-0.2, 0) is 0 Å². The maximum atomic E-state index is 13.6. The third-order valence-electron chi connectivity index (χ3n) is 3.52. The van der Waals surface area contributed by atoms with Crippen molar-refractivity contribution < 1.29 is 9.18 Å². The Labute approximate surface area is 107 Å². The Morgan fingerprint density at radius 2 is 2.11 bits per heavy atom. The van der Waals surface area contributed by atoms with Crippen LogP contribution in [0.5, 0.6) is 0 Å². The lowest BCUT2D eigenvalue weighted by Gasteiger charge is -2.27. The van der Waals surface area contributed by atoms with Crippen molar-refractivity contribution in [3.8, 4) is 0 Å². The highest BCUT2D eigenvalue weighted by Crippen LogP contribution is 2.16. The van der Waals surface area contributed by atoms with E-state index >= 15 is 0 Å². The van der Waals surface area contributed by atoms with Gasteiger partial charge in [0, 0.05) is 13.1 Å². The van der Waals surface area contributed by atoms with Crippen LogP contribution in [0.1, 0.15) is 29.6 Å². The molecule has 1 aromatic carbocycles. The number of amides is 1. The molecule has 1 fully saturated rings.